The molecule has 0 amide bonds. The Morgan fingerprint density at radius 1 is 1.24 bits per heavy atom. The van der Waals surface area contributed by atoms with Crippen LogP contribution in [0.4, 0.5) is 5.95 Å². The quantitative estimate of drug-likeness (QED) is 0.855. The van der Waals surface area contributed by atoms with Gasteiger partial charge in [0.25, 0.3) is 0 Å². The van der Waals surface area contributed by atoms with Gasteiger partial charge in [0.05, 0.1) is 6.54 Å². The molecule has 2 rings (SSSR count). The van der Waals surface area contributed by atoms with Crippen LogP contribution in [0.25, 0.3) is 0 Å². The van der Waals surface area contributed by atoms with Crippen LogP contribution in [-0.2, 0) is 13.6 Å². The van der Waals surface area contributed by atoms with E-state index in [9.17, 15) is 0 Å². The van der Waals surface area contributed by atoms with E-state index in [1.165, 1.54) is 0 Å². The van der Waals surface area contributed by atoms with E-state index in [1.807, 2.05) is 36.4 Å². The summed E-state index contributed by atoms with van der Waals surface area (Å²) in [5.41, 5.74) is 0. The van der Waals surface area contributed by atoms with Gasteiger partial charge in [-0.3, -0.25) is 0 Å². The number of imidazole rings is 2. The SMILES string of the molecule is CC(C)CNc1nccn1Cc1nccn1C. The van der Waals surface area contributed by atoms with Gasteiger partial charge < -0.3 is 14.5 Å². The highest BCUT2D eigenvalue weighted by Gasteiger charge is 2.06. The van der Waals surface area contributed by atoms with Crippen LogP contribution in [0.15, 0.2) is 24.8 Å². The standard InChI is InChI=1S/C12H19N5/c1-10(2)8-15-12-14-5-7-17(12)9-11-13-4-6-16(11)3/h4-7,10H,8-9H2,1-3H3,(H,14,15). The van der Waals surface area contributed by atoms with Gasteiger partial charge in [0, 0.05) is 38.4 Å². The highest BCUT2D eigenvalue weighted by atomic mass is 15.2. The highest BCUT2D eigenvalue weighted by molar-refractivity contribution is 5.26. The Hall–Kier alpha value is -1.78. The molecule has 0 saturated heterocycles. The van der Waals surface area contributed by atoms with Crippen molar-refractivity contribution in [2.24, 2.45) is 13.0 Å². The number of nitrogens with one attached hydrogen (secondary N) is 1. The normalized spacial score (nSPS) is 11.1. The van der Waals surface area contributed by atoms with Crippen LogP contribution in [0.3, 0.4) is 0 Å². The molecule has 5 heteroatoms. The molecule has 17 heavy (non-hydrogen) atoms. The molecule has 0 spiro atoms. The molecule has 0 bridgehead atoms. The molecule has 0 atom stereocenters. The van der Waals surface area contributed by atoms with Crippen LogP contribution >= 0.6 is 0 Å². The van der Waals surface area contributed by atoms with Crippen molar-refractivity contribution in [3.63, 3.8) is 0 Å². The topological polar surface area (TPSA) is 47.7 Å². The molecule has 2 aromatic rings. The summed E-state index contributed by atoms with van der Waals surface area (Å²) in [5.74, 6) is 2.53. The third-order valence-corrected chi connectivity index (χ3v) is 2.62. The van der Waals surface area contributed by atoms with E-state index >= 15 is 0 Å². The minimum atomic E-state index is 0.605. The summed E-state index contributed by atoms with van der Waals surface area (Å²) < 4.78 is 4.09. The predicted molar refractivity (Wildman–Crippen MR) is 67.9 cm³/mol. The Bertz CT molecular complexity index is 469. The zero-order valence-corrected chi connectivity index (χ0v) is 10.6. The van der Waals surface area contributed by atoms with Crippen LogP contribution in [0.2, 0.25) is 0 Å². The zero-order valence-electron chi connectivity index (χ0n) is 10.6. The first kappa shape index (κ1) is 11.7. The van der Waals surface area contributed by atoms with Crippen LogP contribution < -0.4 is 5.32 Å². The minimum Gasteiger partial charge on any atom is -0.355 e. The average Bonchev–Trinajstić information content (AvgIpc) is 2.87. The number of rotatable bonds is 5. The van der Waals surface area contributed by atoms with Crippen molar-refractivity contribution in [2.75, 3.05) is 11.9 Å². The summed E-state index contributed by atoms with van der Waals surface area (Å²) in [7, 11) is 2.00. The Kier molecular flexibility index (Phi) is 3.46. The van der Waals surface area contributed by atoms with Crippen LogP contribution in [0.5, 0.6) is 0 Å². The van der Waals surface area contributed by atoms with Gasteiger partial charge in [0.15, 0.2) is 0 Å². The first-order valence-corrected chi connectivity index (χ1v) is 5.88. The van der Waals surface area contributed by atoms with E-state index < -0.39 is 0 Å². The Morgan fingerprint density at radius 2 is 2.00 bits per heavy atom. The minimum absolute atomic E-state index is 0.605. The molecule has 2 heterocycles. The van der Waals surface area contributed by atoms with Crippen molar-refractivity contribution in [3.8, 4) is 0 Å². The van der Waals surface area contributed by atoms with Crippen molar-refractivity contribution in [2.45, 2.75) is 20.4 Å². The maximum Gasteiger partial charge on any atom is 0.203 e. The molecule has 0 aromatic carbocycles. The summed E-state index contributed by atoms with van der Waals surface area (Å²) in [5, 5.41) is 3.34. The van der Waals surface area contributed by atoms with Crippen LogP contribution in [-0.4, -0.2) is 25.6 Å². The van der Waals surface area contributed by atoms with Crippen LogP contribution in [0, 0.1) is 5.92 Å². The monoisotopic (exact) mass is 233 g/mol. The van der Waals surface area contributed by atoms with Gasteiger partial charge >= 0.3 is 0 Å². The maximum atomic E-state index is 4.31. The molecule has 1 N–H and O–H groups in total. The molecule has 5 nitrogen and oxygen atoms in total. The third-order valence-electron chi connectivity index (χ3n) is 2.62. The molecular formula is C12H19N5. The second-order valence-electron chi connectivity index (χ2n) is 4.61. The lowest BCUT2D eigenvalue weighted by molar-refractivity contribution is 0.665. The van der Waals surface area contributed by atoms with Gasteiger partial charge in [-0.05, 0) is 5.92 Å². The molecule has 0 unspecified atom stereocenters. The first-order valence-electron chi connectivity index (χ1n) is 5.88. The number of nitrogens with zero attached hydrogens (tertiary/aromatic N) is 4. The lowest BCUT2D eigenvalue weighted by Gasteiger charge is -2.11. The molecule has 0 aliphatic heterocycles. The summed E-state index contributed by atoms with van der Waals surface area (Å²) in [6.07, 6.45) is 7.55. The number of aryl methyl sites for hydroxylation is 1. The van der Waals surface area contributed by atoms with E-state index in [0.29, 0.717) is 5.92 Å². The Balaban J connectivity index is 2.06. The van der Waals surface area contributed by atoms with Gasteiger partial charge in [0.2, 0.25) is 5.95 Å². The molecule has 0 aliphatic carbocycles. The zero-order chi connectivity index (χ0) is 12.3. The van der Waals surface area contributed by atoms with E-state index in [0.717, 1.165) is 24.9 Å². The molecule has 0 fully saturated rings. The van der Waals surface area contributed by atoms with E-state index in [-0.39, 0.29) is 0 Å². The van der Waals surface area contributed by atoms with E-state index in [4.69, 9.17) is 0 Å². The molecule has 2 aromatic heterocycles. The fraction of sp³-hybridized carbons (Fsp3) is 0.500. The lowest BCUT2D eigenvalue weighted by Crippen LogP contribution is -2.14. The highest BCUT2D eigenvalue weighted by Crippen LogP contribution is 2.08. The predicted octanol–water partition coefficient (Wildman–Crippen LogP) is 1.73. The number of hydrogen-bond donors (Lipinski definition) is 1. The summed E-state index contributed by atoms with van der Waals surface area (Å²) in [4.78, 5) is 8.63. The number of hydrogen-bond acceptors (Lipinski definition) is 3. The molecule has 0 aliphatic rings. The van der Waals surface area contributed by atoms with Crippen LogP contribution in [0.1, 0.15) is 19.7 Å². The van der Waals surface area contributed by atoms with Crippen molar-refractivity contribution >= 4 is 5.95 Å². The molecular weight excluding hydrogens is 214 g/mol. The fourth-order valence-corrected chi connectivity index (χ4v) is 1.60. The van der Waals surface area contributed by atoms with Crippen molar-refractivity contribution < 1.29 is 0 Å². The summed E-state index contributed by atoms with van der Waals surface area (Å²) in [6, 6.07) is 0. The molecule has 0 saturated carbocycles. The number of aromatic nitrogens is 4. The lowest BCUT2D eigenvalue weighted by atomic mass is 10.2. The molecule has 92 valence electrons. The Morgan fingerprint density at radius 3 is 2.65 bits per heavy atom. The van der Waals surface area contributed by atoms with E-state index in [2.05, 4.69) is 33.7 Å². The summed E-state index contributed by atoms with van der Waals surface area (Å²) in [6.45, 7) is 6.03. The molecule has 0 radical (unpaired) electrons. The van der Waals surface area contributed by atoms with Gasteiger partial charge in [-0.1, -0.05) is 13.8 Å². The van der Waals surface area contributed by atoms with Gasteiger partial charge in [-0.15, -0.1) is 0 Å². The largest absolute Gasteiger partial charge is 0.355 e. The van der Waals surface area contributed by atoms with E-state index in [1.54, 1.807) is 0 Å². The third kappa shape index (κ3) is 2.87. The summed E-state index contributed by atoms with van der Waals surface area (Å²) >= 11 is 0. The van der Waals surface area contributed by atoms with Gasteiger partial charge in [-0.25, -0.2) is 9.97 Å². The second kappa shape index (κ2) is 5.03. The fourth-order valence-electron chi connectivity index (χ4n) is 1.60. The van der Waals surface area contributed by atoms with Crippen molar-refractivity contribution in [1.29, 1.82) is 0 Å². The Labute approximate surface area is 102 Å². The first-order chi connectivity index (χ1) is 8.16. The smallest absolute Gasteiger partial charge is 0.203 e. The van der Waals surface area contributed by atoms with Crippen molar-refractivity contribution in [3.05, 3.63) is 30.6 Å². The number of anilines is 1. The van der Waals surface area contributed by atoms with Gasteiger partial charge in [-0.2, -0.15) is 0 Å². The maximum absolute atomic E-state index is 4.31. The second-order valence-corrected chi connectivity index (χ2v) is 4.61. The van der Waals surface area contributed by atoms with Gasteiger partial charge in [0.1, 0.15) is 5.82 Å². The van der Waals surface area contributed by atoms with Crippen molar-refractivity contribution in [1.82, 2.24) is 19.1 Å². The average molecular weight is 233 g/mol.